The minimum atomic E-state index is -0.773. The van der Waals surface area contributed by atoms with Crippen molar-refractivity contribution in [2.24, 2.45) is 0 Å². The van der Waals surface area contributed by atoms with Crippen molar-refractivity contribution in [3.8, 4) is 0 Å². The van der Waals surface area contributed by atoms with Crippen molar-refractivity contribution in [1.29, 1.82) is 0 Å². The van der Waals surface area contributed by atoms with Crippen molar-refractivity contribution in [2.45, 2.75) is 64.5 Å². The number of carboxylic acid groups (broad SMARTS) is 1. The number of carbonyl (C=O) groups excluding carboxylic acids is 1. The molecule has 0 aromatic rings. The van der Waals surface area contributed by atoms with Gasteiger partial charge in [-0.2, -0.15) is 0 Å². The maximum absolute atomic E-state index is 12.8. The molecule has 1 amide bonds. The van der Waals surface area contributed by atoms with Crippen LogP contribution in [0, 0.1) is 0 Å². The van der Waals surface area contributed by atoms with Crippen molar-refractivity contribution in [2.75, 3.05) is 39.3 Å². The van der Waals surface area contributed by atoms with Gasteiger partial charge in [-0.05, 0) is 52.2 Å². The Labute approximate surface area is 145 Å². The van der Waals surface area contributed by atoms with Crippen LogP contribution in [0.4, 0.5) is 0 Å². The van der Waals surface area contributed by atoms with E-state index in [-0.39, 0.29) is 24.5 Å². The van der Waals surface area contributed by atoms with Crippen LogP contribution >= 0.6 is 0 Å². The molecule has 1 unspecified atom stereocenters. The fourth-order valence-corrected chi connectivity index (χ4v) is 4.03. The Morgan fingerprint density at radius 2 is 1.67 bits per heavy atom. The highest BCUT2D eigenvalue weighted by Crippen LogP contribution is 2.19. The van der Waals surface area contributed by atoms with Gasteiger partial charge in [-0.25, -0.2) is 0 Å². The lowest BCUT2D eigenvalue weighted by Crippen LogP contribution is -2.52. The van der Waals surface area contributed by atoms with Crippen LogP contribution in [-0.4, -0.2) is 83.0 Å². The largest absolute Gasteiger partial charge is 0.480 e. The third-order valence-corrected chi connectivity index (χ3v) is 5.58. The SMILES string of the molecule is CCN(CC(=O)O)C1CCN(C(=O)C(C)N2CCCCCC2)CC1. The van der Waals surface area contributed by atoms with Crippen LogP contribution in [0.15, 0.2) is 0 Å². The molecule has 0 aromatic heterocycles. The first-order chi connectivity index (χ1) is 11.5. The van der Waals surface area contributed by atoms with E-state index in [2.05, 4.69) is 4.90 Å². The minimum Gasteiger partial charge on any atom is -0.480 e. The Kier molecular flexibility index (Phi) is 7.49. The van der Waals surface area contributed by atoms with E-state index < -0.39 is 5.97 Å². The molecule has 0 saturated carbocycles. The predicted octanol–water partition coefficient (Wildman–Crippen LogP) is 1.65. The van der Waals surface area contributed by atoms with Crippen LogP contribution in [0.2, 0.25) is 0 Å². The zero-order valence-electron chi connectivity index (χ0n) is 15.2. The third kappa shape index (κ3) is 5.18. The van der Waals surface area contributed by atoms with Gasteiger partial charge in [0.1, 0.15) is 0 Å². The standard InChI is InChI=1S/C18H33N3O3/c1-3-19(14-17(22)23)16-8-12-21(13-9-16)18(24)15(2)20-10-6-4-5-7-11-20/h15-16H,3-14H2,1-2H3,(H,22,23). The third-order valence-electron chi connectivity index (χ3n) is 5.58. The number of likely N-dealkylation sites (tertiary alicyclic amines) is 2. The van der Waals surface area contributed by atoms with Gasteiger partial charge >= 0.3 is 5.97 Å². The first-order valence-electron chi connectivity index (χ1n) is 9.51. The fraction of sp³-hybridized carbons (Fsp3) is 0.889. The van der Waals surface area contributed by atoms with Gasteiger partial charge in [0.25, 0.3) is 0 Å². The molecule has 2 aliphatic rings. The number of amides is 1. The van der Waals surface area contributed by atoms with Crippen molar-refractivity contribution in [1.82, 2.24) is 14.7 Å². The van der Waals surface area contributed by atoms with E-state index in [1.54, 1.807) is 0 Å². The van der Waals surface area contributed by atoms with Gasteiger partial charge in [0.15, 0.2) is 0 Å². The summed E-state index contributed by atoms with van der Waals surface area (Å²) < 4.78 is 0. The van der Waals surface area contributed by atoms with Gasteiger partial charge in [-0.1, -0.05) is 19.8 Å². The van der Waals surface area contributed by atoms with Crippen LogP contribution in [0.3, 0.4) is 0 Å². The van der Waals surface area contributed by atoms with Crippen molar-refractivity contribution < 1.29 is 14.7 Å². The van der Waals surface area contributed by atoms with E-state index >= 15 is 0 Å². The fourth-order valence-electron chi connectivity index (χ4n) is 4.03. The average Bonchev–Trinajstić information content (AvgIpc) is 2.87. The molecule has 1 atom stereocenters. The molecule has 6 nitrogen and oxygen atoms in total. The summed E-state index contributed by atoms with van der Waals surface area (Å²) >= 11 is 0. The van der Waals surface area contributed by atoms with E-state index in [1.807, 2.05) is 23.6 Å². The van der Waals surface area contributed by atoms with Crippen molar-refractivity contribution in [3.05, 3.63) is 0 Å². The first-order valence-corrected chi connectivity index (χ1v) is 9.51. The second-order valence-electron chi connectivity index (χ2n) is 7.14. The molecule has 0 radical (unpaired) electrons. The topological polar surface area (TPSA) is 64.1 Å². The van der Waals surface area contributed by atoms with Crippen molar-refractivity contribution >= 4 is 11.9 Å². The number of hydrogen-bond acceptors (Lipinski definition) is 4. The molecule has 1 N–H and O–H groups in total. The number of hydrogen-bond donors (Lipinski definition) is 1. The smallest absolute Gasteiger partial charge is 0.317 e. The van der Waals surface area contributed by atoms with Gasteiger partial charge in [-0.15, -0.1) is 0 Å². The Hall–Kier alpha value is -1.14. The van der Waals surface area contributed by atoms with Crippen LogP contribution in [0.25, 0.3) is 0 Å². The van der Waals surface area contributed by atoms with Gasteiger partial charge < -0.3 is 10.0 Å². The Morgan fingerprint density at radius 3 is 2.17 bits per heavy atom. The molecule has 0 aliphatic carbocycles. The molecule has 0 bridgehead atoms. The lowest BCUT2D eigenvalue weighted by molar-refractivity contribution is -0.141. The zero-order valence-corrected chi connectivity index (χ0v) is 15.2. The molecule has 6 heteroatoms. The summed E-state index contributed by atoms with van der Waals surface area (Å²) in [7, 11) is 0. The second kappa shape index (κ2) is 9.37. The highest BCUT2D eigenvalue weighted by atomic mass is 16.4. The van der Waals surface area contributed by atoms with Gasteiger partial charge in [0.05, 0.1) is 12.6 Å². The molecule has 2 rings (SSSR count). The maximum atomic E-state index is 12.8. The average molecular weight is 339 g/mol. The summed E-state index contributed by atoms with van der Waals surface area (Å²) in [5.41, 5.74) is 0. The van der Waals surface area contributed by atoms with E-state index in [0.717, 1.165) is 45.6 Å². The molecule has 2 heterocycles. The van der Waals surface area contributed by atoms with E-state index in [1.165, 1.54) is 25.7 Å². The number of nitrogens with zero attached hydrogens (tertiary/aromatic N) is 3. The summed E-state index contributed by atoms with van der Waals surface area (Å²) in [6.07, 6.45) is 6.69. The number of aliphatic carboxylic acids is 1. The van der Waals surface area contributed by atoms with E-state index in [4.69, 9.17) is 5.11 Å². The number of likely N-dealkylation sites (N-methyl/N-ethyl adjacent to an activating group) is 1. The van der Waals surface area contributed by atoms with Gasteiger partial charge in [-0.3, -0.25) is 19.4 Å². The second-order valence-corrected chi connectivity index (χ2v) is 7.14. The molecule has 0 aromatic carbocycles. The number of piperidine rings is 1. The first kappa shape index (κ1) is 19.2. The predicted molar refractivity (Wildman–Crippen MR) is 94.0 cm³/mol. The van der Waals surface area contributed by atoms with Gasteiger partial charge in [0, 0.05) is 19.1 Å². The normalized spacial score (nSPS) is 22.4. The summed E-state index contributed by atoms with van der Waals surface area (Å²) in [5, 5.41) is 9.01. The molecular formula is C18H33N3O3. The molecular weight excluding hydrogens is 306 g/mol. The zero-order chi connectivity index (χ0) is 17.5. The molecule has 2 aliphatic heterocycles. The van der Waals surface area contributed by atoms with Crippen molar-refractivity contribution in [3.63, 3.8) is 0 Å². The van der Waals surface area contributed by atoms with Crippen LogP contribution in [-0.2, 0) is 9.59 Å². The number of rotatable bonds is 6. The molecule has 24 heavy (non-hydrogen) atoms. The minimum absolute atomic E-state index is 0.0269. The quantitative estimate of drug-likeness (QED) is 0.797. The molecule has 0 spiro atoms. The number of carboxylic acids is 1. The Morgan fingerprint density at radius 1 is 1.08 bits per heavy atom. The van der Waals surface area contributed by atoms with E-state index in [0.29, 0.717) is 0 Å². The highest BCUT2D eigenvalue weighted by molar-refractivity contribution is 5.81. The number of carbonyl (C=O) groups is 2. The molecule has 138 valence electrons. The maximum Gasteiger partial charge on any atom is 0.317 e. The van der Waals surface area contributed by atoms with E-state index in [9.17, 15) is 9.59 Å². The summed E-state index contributed by atoms with van der Waals surface area (Å²) in [6.45, 7) is 8.45. The van der Waals surface area contributed by atoms with Crippen LogP contribution in [0.5, 0.6) is 0 Å². The van der Waals surface area contributed by atoms with Gasteiger partial charge in [0.2, 0.25) is 5.91 Å². The summed E-state index contributed by atoms with van der Waals surface area (Å²) in [4.78, 5) is 30.1. The summed E-state index contributed by atoms with van der Waals surface area (Å²) in [5.74, 6) is -0.526. The highest BCUT2D eigenvalue weighted by Gasteiger charge is 2.31. The Bertz CT molecular complexity index is 414. The Balaban J connectivity index is 1.84. The monoisotopic (exact) mass is 339 g/mol. The lowest BCUT2D eigenvalue weighted by atomic mass is 10.0. The lowest BCUT2D eigenvalue weighted by Gasteiger charge is -2.39. The van der Waals surface area contributed by atoms with Crippen LogP contribution in [0.1, 0.15) is 52.4 Å². The van der Waals surface area contributed by atoms with Crippen LogP contribution < -0.4 is 0 Å². The molecule has 2 fully saturated rings. The molecule has 2 saturated heterocycles. The summed E-state index contributed by atoms with van der Waals surface area (Å²) in [6, 6.07) is 0.254.